The molecule has 324 valence electrons. The predicted octanol–water partition coefficient (Wildman–Crippen LogP) is 7.74. The van der Waals surface area contributed by atoms with Gasteiger partial charge in [-0.15, -0.1) is 10.2 Å². The molecule has 5 saturated carbocycles. The molecule has 0 amide bonds. The summed E-state index contributed by atoms with van der Waals surface area (Å²) in [4.78, 5) is 44.2. The SMILES string of the molecule is Cc1nnc(CN(CCN(C)C)C[C@H](O)[C@@]23CC[C@]4(C)[C@H](CC[C@@H]5[C@@]6(C)CC[C@H](OC(=O)[C@H]7C[C@@H](C(=O)O)C7(C)C)C(C)(C)[C@@H]6CC[C@]54C)C2=C(C(C)C)C(=O)C3)o1. The quantitative estimate of drug-likeness (QED) is 0.200. The standard InChI is InChI=1S/C47H74N4O7/c1-27(2)38-32(52)24-47(35(53)25-51(22-21-50(11)12)26-37-49-48-28(3)57-37)20-19-45(9)29(39(38)47)13-14-34-44(8)17-16-36(43(6,7)33(44)15-18-46(34,45)10)58-41(56)31-23-30(40(54)55)42(31,4)5/h27,29-31,33-36,53H,13-26H2,1-12H3,(H,54,55)/t29-,30+,31-,33+,34-,35+,36+,44+,45-,46-,47+/m1/s1. The molecule has 5 fully saturated rings. The summed E-state index contributed by atoms with van der Waals surface area (Å²) >= 11 is 0. The van der Waals surface area contributed by atoms with Crippen molar-refractivity contribution in [2.45, 2.75) is 152 Å². The minimum absolute atomic E-state index is 0.0357. The van der Waals surface area contributed by atoms with Crippen LogP contribution in [0.3, 0.4) is 0 Å². The number of aliphatic hydroxyl groups excluding tert-OH is 1. The molecule has 0 bridgehead atoms. The lowest BCUT2D eigenvalue weighted by atomic mass is 9.33. The summed E-state index contributed by atoms with van der Waals surface area (Å²) in [6.45, 7) is 24.6. The van der Waals surface area contributed by atoms with E-state index in [9.17, 15) is 24.6 Å². The van der Waals surface area contributed by atoms with Crippen LogP contribution in [0, 0.1) is 74.9 Å². The molecular formula is C47H74N4O7. The second-order valence-electron chi connectivity index (χ2n) is 22.4. The van der Waals surface area contributed by atoms with Gasteiger partial charge in [0.1, 0.15) is 6.10 Å². The minimum atomic E-state index is -0.832. The average Bonchev–Trinajstić information content (AvgIpc) is 3.67. The summed E-state index contributed by atoms with van der Waals surface area (Å²) in [6, 6.07) is 0. The van der Waals surface area contributed by atoms with E-state index in [1.807, 2.05) is 13.8 Å². The van der Waals surface area contributed by atoms with Gasteiger partial charge >= 0.3 is 11.9 Å². The number of carbonyl (C=O) groups is 3. The second-order valence-corrected chi connectivity index (χ2v) is 22.4. The number of aromatic nitrogens is 2. The highest BCUT2D eigenvalue weighted by Crippen LogP contribution is 2.77. The number of aryl methyl sites for hydroxylation is 1. The Kier molecular flexibility index (Phi) is 11.1. The largest absolute Gasteiger partial charge is 0.481 e. The maximum absolute atomic E-state index is 14.3. The summed E-state index contributed by atoms with van der Waals surface area (Å²) in [5, 5.41) is 30.7. The zero-order valence-corrected chi connectivity index (χ0v) is 37.7. The molecule has 11 atom stereocenters. The van der Waals surface area contributed by atoms with E-state index < -0.39 is 28.8 Å². The van der Waals surface area contributed by atoms with Crippen molar-refractivity contribution in [3.05, 3.63) is 22.9 Å². The molecule has 6 aliphatic carbocycles. The van der Waals surface area contributed by atoms with Crippen LogP contribution in [0.25, 0.3) is 0 Å². The van der Waals surface area contributed by atoms with Crippen molar-refractivity contribution in [1.29, 1.82) is 0 Å². The fourth-order valence-corrected chi connectivity index (χ4v) is 14.8. The summed E-state index contributed by atoms with van der Waals surface area (Å²) in [6.07, 6.45) is 7.64. The molecule has 58 heavy (non-hydrogen) atoms. The maximum atomic E-state index is 14.3. The molecule has 0 spiro atoms. The molecule has 1 aromatic heterocycles. The van der Waals surface area contributed by atoms with Gasteiger partial charge in [-0.05, 0) is 123 Å². The van der Waals surface area contributed by atoms with E-state index in [0.29, 0.717) is 49.5 Å². The van der Waals surface area contributed by atoms with Gasteiger partial charge in [-0.3, -0.25) is 19.3 Å². The first-order chi connectivity index (χ1) is 26.9. The predicted molar refractivity (Wildman–Crippen MR) is 221 cm³/mol. The van der Waals surface area contributed by atoms with Crippen LogP contribution in [0.15, 0.2) is 15.6 Å². The number of aliphatic hydroxyl groups is 1. The number of likely N-dealkylation sites (N-methyl/N-ethyl adjacent to an activating group) is 1. The van der Waals surface area contributed by atoms with Crippen LogP contribution < -0.4 is 0 Å². The Bertz CT molecular complexity index is 1820. The number of nitrogens with zero attached hydrogens (tertiary/aromatic N) is 4. The van der Waals surface area contributed by atoms with E-state index in [0.717, 1.165) is 70.0 Å². The Balaban J connectivity index is 1.15. The third kappa shape index (κ3) is 6.56. The topological polar surface area (TPSA) is 146 Å². The number of Topliss-reactive ketones (excluding diaryl/α,β-unsaturated/α-hetero) is 1. The van der Waals surface area contributed by atoms with Gasteiger partial charge in [0.15, 0.2) is 5.78 Å². The fourth-order valence-electron chi connectivity index (χ4n) is 14.8. The lowest BCUT2D eigenvalue weighted by Gasteiger charge is -2.72. The van der Waals surface area contributed by atoms with Crippen LogP contribution in [-0.4, -0.2) is 93.9 Å². The molecule has 7 rings (SSSR count). The molecule has 11 nitrogen and oxygen atoms in total. The smallest absolute Gasteiger partial charge is 0.309 e. The first kappa shape index (κ1) is 43.5. The maximum Gasteiger partial charge on any atom is 0.309 e. The van der Waals surface area contributed by atoms with Crippen LogP contribution in [0.1, 0.15) is 138 Å². The summed E-state index contributed by atoms with van der Waals surface area (Å²) in [5.74, 6) is 0.503. The van der Waals surface area contributed by atoms with E-state index >= 15 is 0 Å². The Labute approximate surface area is 347 Å². The first-order valence-corrected chi connectivity index (χ1v) is 22.5. The number of hydrogen-bond donors (Lipinski definition) is 2. The Morgan fingerprint density at radius 2 is 1.59 bits per heavy atom. The number of esters is 1. The molecule has 0 radical (unpaired) electrons. The van der Waals surface area contributed by atoms with E-state index in [2.05, 4.69) is 82.6 Å². The van der Waals surface area contributed by atoms with Gasteiger partial charge in [-0.1, -0.05) is 67.9 Å². The molecule has 0 saturated heterocycles. The number of hydrogen-bond acceptors (Lipinski definition) is 10. The normalized spacial score (nSPS) is 39.5. The number of carboxylic acid groups (broad SMARTS) is 1. The van der Waals surface area contributed by atoms with E-state index in [1.165, 1.54) is 5.57 Å². The molecule has 0 unspecified atom stereocenters. The van der Waals surface area contributed by atoms with Gasteiger partial charge in [-0.25, -0.2) is 0 Å². The number of fused-ring (bicyclic) bond motifs is 7. The Hall–Kier alpha value is -2.63. The van der Waals surface area contributed by atoms with Crippen molar-refractivity contribution in [3.8, 4) is 0 Å². The van der Waals surface area contributed by atoms with Gasteiger partial charge in [-0.2, -0.15) is 0 Å². The third-order valence-electron chi connectivity index (χ3n) is 18.4. The van der Waals surface area contributed by atoms with Crippen LogP contribution in [0.4, 0.5) is 0 Å². The van der Waals surface area contributed by atoms with Crippen molar-refractivity contribution in [3.63, 3.8) is 0 Å². The molecule has 1 heterocycles. The van der Waals surface area contributed by atoms with Crippen molar-refractivity contribution in [2.75, 3.05) is 33.7 Å². The average molecular weight is 807 g/mol. The van der Waals surface area contributed by atoms with Crippen molar-refractivity contribution < 1.29 is 33.8 Å². The highest BCUT2D eigenvalue weighted by atomic mass is 16.5. The number of allylic oxidation sites excluding steroid dienone is 1. The Morgan fingerprint density at radius 1 is 0.879 bits per heavy atom. The second kappa shape index (κ2) is 14.8. The van der Waals surface area contributed by atoms with Crippen LogP contribution in [0.2, 0.25) is 0 Å². The van der Waals surface area contributed by atoms with Gasteiger partial charge < -0.3 is 24.3 Å². The lowest BCUT2D eigenvalue weighted by molar-refractivity contribution is -0.238. The van der Waals surface area contributed by atoms with Crippen LogP contribution >= 0.6 is 0 Å². The zero-order chi connectivity index (χ0) is 42.5. The minimum Gasteiger partial charge on any atom is -0.481 e. The number of rotatable bonds is 12. The van der Waals surface area contributed by atoms with Gasteiger partial charge in [0.2, 0.25) is 11.8 Å². The van der Waals surface area contributed by atoms with Gasteiger partial charge in [0, 0.05) is 43.8 Å². The van der Waals surface area contributed by atoms with Crippen LogP contribution in [0.5, 0.6) is 0 Å². The Morgan fingerprint density at radius 3 is 2.19 bits per heavy atom. The highest BCUT2D eigenvalue weighted by Gasteiger charge is 2.71. The fraction of sp³-hybridized carbons (Fsp3) is 0.851. The van der Waals surface area contributed by atoms with Gasteiger partial charge in [0.25, 0.3) is 0 Å². The molecule has 0 aliphatic heterocycles. The van der Waals surface area contributed by atoms with Crippen molar-refractivity contribution in [1.82, 2.24) is 20.0 Å². The zero-order valence-electron chi connectivity index (χ0n) is 37.7. The third-order valence-corrected chi connectivity index (χ3v) is 18.4. The lowest BCUT2D eigenvalue weighted by Crippen LogP contribution is -2.66. The molecule has 2 N–H and O–H groups in total. The summed E-state index contributed by atoms with van der Waals surface area (Å²) in [5.41, 5.74) is 0.897. The van der Waals surface area contributed by atoms with E-state index in [-0.39, 0.29) is 57.3 Å². The van der Waals surface area contributed by atoms with Gasteiger partial charge in [0.05, 0.1) is 24.5 Å². The number of ether oxygens (including phenoxy) is 1. The molecule has 11 heteroatoms. The molecular weight excluding hydrogens is 733 g/mol. The number of carbonyl (C=O) groups excluding carboxylic acids is 2. The first-order valence-electron chi connectivity index (χ1n) is 22.5. The summed E-state index contributed by atoms with van der Waals surface area (Å²) < 4.78 is 12.2. The van der Waals surface area contributed by atoms with E-state index in [4.69, 9.17) is 9.15 Å². The molecule has 6 aliphatic rings. The van der Waals surface area contributed by atoms with Crippen LogP contribution in [-0.2, 0) is 25.7 Å². The van der Waals surface area contributed by atoms with E-state index in [1.54, 1.807) is 6.92 Å². The molecule has 0 aromatic carbocycles. The number of carboxylic acids is 1. The van der Waals surface area contributed by atoms with Crippen molar-refractivity contribution in [2.24, 2.45) is 68.0 Å². The number of ketones is 1. The summed E-state index contributed by atoms with van der Waals surface area (Å²) in [7, 11) is 4.11. The van der Waals surface area contributed by atoms with Crippen molar-refractivity contribution >= 4 is 17.7 Å². The highest BCUT2D eigenvalue weighted by molar-refractivity contribution is 6.00. The molecule has 1 aromatic rings. The number of aliphatic carboxylic acids is 1. The monoisotopic (exact) mass is 807 g/mol.